The van der Waals surface area contributed by atoms with Gasteiger partial charge in [0.1, 0.15) is 16.5 Å². The van der Waals surface area contributed by atoms with Crippen LogP contribution in [-0.4, -0.2) is 52.4 Å². The number of rotatable bonds is 10. The molecule has 0 spiro atoms. The van der Waals surface area contributed by atoms with Gasteiger partial charge in [0.2, 0.25) is 15.9 Å². The van der Waals surface area contributed by atoms with Crippen LogP contribution < -0.4 is 15.8 Å². The number of aromatic nitrogens is 4. The molecule has 3 aromatic rings. The molecular weight excluding hydrogens is 460 g/mol. The van der Waals surface area contributed by atoms with Crippen LogP contribution in [0.3, 0.4) is 0 Å². The fourth-order valence-electron chi connectivity index (χ4n) is 3.18. The van der Waals surface area contributed by atoms with E-state index in [9.17, 15) is 18.3 Å². The number of H-pyrrole nitrogens is 1. The number of nitrogens with two attached hydrogens (primary N) is 1. The molecule has 0 bridgehead atoms. The summed E-state index contributed by atoms with van der Waals surface area (Å²) in [5.41, 5.74) is 7.88. The molecule has 0 aliphatic rings. The van der Waals surface area contributed by atoms with Crippen LogP contribution in [0.4, 0.5) is 5.69 Å². The molecule has 180 valence electrons. The molecule has 34 heavy (non-hydrogen) atoms. The number of hydrogen-bond donors (Lipinski definition) is 6. The van der Waals surface area contributed by atoms with Gasteiger partial charge in [0.15, 0.2) is 5.82 Å². The van der Waals surface area contributed by atoms with E-state index < -0.39 is 15.8 Å². The molecule has 0 atom stereocenters. The van der Waals surface area contributed by atoms with E-state index in [-0.39, 0.29) is 53.3 Å². The lowest BCUT2D eigenvalue weighted by Gasteiger charge is -2.15. The van der Waals surface area contributed by atoms with Crippen LogP contribution in [0, 0.1) is 5.41 Å². The number of amidine groups is 1. The summed E-state index contributed by atoms with van der Waals surface area (Å²) >= 11 is 0. The Hall–Kier alpha value is -3.84. The molecule has 1 aromatic heterocycles. The number of nitrogens with one attached hydrogen (secondary N) is 4. The fraction of sp³-hybridized carbons (Fsp3) is 0.286. The van der Waals surface area contributed by atoms with Crippen molar-refractivity contribution in [2.75, 3.05) is 11.9 Å². The minimum absolute atomic E-state index is 0.000803. The molecule has 0 unspecified atom stereocenters. The molecule has 1 heterocycles. The van der Waals surface area contributed by atoms with Gasteiger partial charge < -0.3 is 16.2 Å². The van der Waals surface area contributed by atoms with Gasteiger partial charge in [0.05, 0.1) is 6.42 Å². The average molecular weight is 487 g/mol. The van der Waals surface area contributed by atoms with Crippen LogP contribution in [0.15, 0.2) is 41.3 Å². The van der Waals surface area contributed by atoms with Gasteiger partial charge in [0, 0.05) is 17.8 Å². The van der Waals surface area contributed by atoms with E-state index in [4.69, 9.17) is 11.1 Å². The van der Waals surface area contributed by atoms with Gasteiger partial charge in [-0.1, -0.05) is 31.2 Å². The first-order chi connectivity index (χ1) is 16.1. The minimum atomic E-state index is -4.08. The van der Waals surface area contributed by atoms with Crippen LogP contribution >= 0.6 is 0 Å². The zero-order valence-electron chi connectivity index (χ0n) is 18.7. The summed E-state index contributed by atoms with van der Waals surface area (Å²) in [6, 6.07) is 9.28. The number of carbonyl (C=O) groups excluding carboxylic acids is 1. The van der Waals surface area contributed by atoms with Crippen LogP contribution in [0.5, 0.6) is 5.75 Å². The third kappa shape index (κ3) is 6.14. The predicted molar refractivity (Wildman–Crippen MR) is 125 cm³/mol. The highest BCUT2D eigenvalue weighted by Crippen LogP contribution is 2.25. The van der Waals surface area contributed by atoms with Crippen molar-refractivity contribution in [2.45, 2.75) is 37.5 Å². The summed E-state index contributed by atoms with van der Waals surface area (Å²) in [6.07, 6.45) is 0.197. The SMILES string of the molecule is CC(C)c1ccc(CCNS(=O)(=O)c2cc(C(=N)N)ccc2O)c(NC(=O)Cc2nn[nH]n2)c1. The maximum absolute atomic E-state index is 12.7. The highest BCUT2D eigenvalue weighted by atomic mass is 32.2. The molecule has 13 heteroatoms. The summed E-state index contributed by atoms with van der Waals surface area (Å²) in [6.45, 7) is 4.05. The number of nitrogens with zero attached hydrogens (tertiary/aromatic N) is 3. The summed E-state index contributed by atoms with van der Waals surface area (Å²) < 4.78 is 27.9. The number of aromatic amines is 1. The fourth-order valence-corrected chi connectivity index (χ4v) is 4.33. The zero-order chi connectivity index (χ0) is 24.9. The molecule has 0 aliphatic heterocycles. The van der Waals surface area contributed by atoms with E-state index in [1.165, 1.54) is 12.1 Å². The Bertz CT molecular complexity index is 1290. The third-order valence-corrected chi connectivity index (χ3v) is 6.52. The maximum Gasteiger partial charge on any atom is 0.244 e. The lowest BCUT2D eigenvalue weighted by molar-refractivity contribution is -0.115. The third-order valence-electron chi connectivity index (χ3n) is 5.03. The summed E-state index contributed by atoms with van der Waals surface area (Å²) in [7, 11) is -4.08. The van der Waals surface area contributed by atoms with Gasteiger partial charge in [-0.3, -0.25) is 10.2 Å². The van der Waals surface area contributed by atoms with Gasteiger partial charge in [-0.2, -0.15) is 5.21 Å². The smallest absolute Gasteiger partial charge is 0.244 e. The largest absolute Gasteiger partial charge is 0.507 e. The van der Waals surface area contributed by atoms with Crippen LogP contribution in [0.25, 0.3) is 0 Å². The summed E-state index contributed by atoms with van der Waals surface area (Å²) in [4.78, 5) is 12.1. The van der Waals surface area contributed by atoms with Gasteiger partial charge in [-0.25, -0.2) is 13.1 Å². The number of benzene rings is 2. The first-order valence-electron chi connectivity index (χ1n) is 10.4. The molecule has 0 fully saturated rings. The van der Waals surface area contributed by atoms with Gasteiger partial charge in [0.25, 0.3) is 0 Å². The van der Waals surface area contributed by atoms with Crippen molar-refractivity contribution in [3.8, 4) is 5.75 Å². The standard InChI is InChI=1S/C21H26N8O4S/c1-12(2)14-4-3-13(16(9-14)25-20(31)11-19-26-28-29-27-19)7-8-24-34(32,33)18-10-15(21(22)23)5-6-17(18)30/h3-6,9-10,12,24,30H,7-8,11H2,1-2H3,(H3,22,23)(H,25,31)(H,26,27,28,29). The van der Waals surface area contributed by atoms with Crippen molar-refractivity contribution in [2.24, 2.45) is 5.73 Å². The first-order valence-corrected chi connectivity index (χ1v) is 11.9. The Labute approximate surface area is 196 Å². The Morgan fingerprint density at radius 2 is 2.00 bits per heavy atom. The van der Waals surface area contributed by atoms with E-state index >= 15 is 0 Å². The highest BCUT2D eigenvalue weighted by molar-refractivity contribution is 7.89. The molecule has 0 aliphatic carbocycles. The Morgan fingerprint density at radius 1 is 1.24 bits per heavy atom. The molecule has 2 aromatic carbocycles. The van der Waals surface area contributed by atoms with Crippen molar-refractivity contribution in [1.29, 1.82) is 5.41 Å². The molecule has 0 saturated heterocycles. The van der Waals surface area contributed by atoms with Gasteiger partial charge >= 0.3 is 0 Å². The number of phenols is 1. The quantitative estimate of drug-likeness (QED) is 0.180. The van der Waals surface area contributed by atoms with Gasteiger partial charge in [-0.15, -0.1) is 10.2 Å². The number of amides is 1. The van der Waals surface area contributed by atoms with E-state index in [0.717, 1.165) is 17.2 Å². The van der Waals surface area contributed by atoms with Crippen LogP contribution in [0.2, 0.25) is 0 Å². The lowest BCUT2D eigenvalue weighted by atomic mass is 9.99. The van der Waals surface area contributed by atoms with Crippen molar-refractivity contribution in [3.63, 3.8) is 0 Å². The highest BCUT2D eigenvalue weighted by Gasteiger charge is 2.20. The second-order valence-electron chi connectivity index (χ2n) is 7.87. The lowest BCUT2D eigenvalue weighted by Crippen LogP contribution is -2.27. The number of nitrogen functional groups attached to an aromatic ring is 1. The zero-order valence-corrected chi connectivity index (χ0v) is 19.5. The normalized spacial score (nSPS) is 11.5. The van der Waals surface area contributed by atoms with Crippen LogP contribution in [0.1, 0.15) is 42.3 Å². The van der Waals surface area contributed by atoms with E-state index in [1.54, 1.807) is 0 Å². The number of tetrazole rings is 1. The van der Waals surface area contributed by atoms with Crippen molar-refractivity contribution in [3.05, 3.63) is 58.9 Å². The van der Waals surface area contributed by atoms with Crippen molar-refractivity contribution < 1.29 is 18.3 Å². The summed E-state index contributed by atoms with van der Waals surface area (Å²) in [5.74, 6) is -0.637. The minimum Gasteiger partial charge on any atom is -0.507 e. The van der Waals surface area contributed by atoms with Crippen LogP contribution in [-0.2, 0) is 27.7 Å². The predicted octanol–water partition coefficient (Wildman–Crippen LogP) is 1.01. The van der Waals surface area contributed by atoms with E-state index in [0.29, 0.717) is 5.69 Å². The first kappa shape index (κ1) is 24.8. The molecular formula is C21H26N8O4S. The second-order valence-corrected chi connectivity index (χ2v) is 9.60. The molecule has 12 nitrogen and oxygen atoms in total. The molecule has 1 amide bonds. The number of sulfonamides is 1. The Morgan fingerprint density at radius 3 is 2.65 bits per heavy atom. The maximum atomic E-state index is 12.7. The topological polar surface area (TPSA) is 200 Å². The van der Waals surface area contributed by atoms with Crippen molar-refractivity contribution in [1.82, 2.24) is 25.3 Å². The molecule has 0 saturated carbocycles. The molecule has 7 N–H and O–H groups in total. The second kappa shape index (κ2) is 10.4. The van der Waals surface area contributed by atoms with E-state index in [2.05, 4.69) is 30.7 Å². The number of phenolic OH excluding ortho intramolecular Hbond substituents is 1. The summed E-state index contributed by atoms with van der Waals surface area (Å²) in [5, 5.41) is 33.6. The Kier molecular flexibility index (Phi) is 7.58. The molecule has 0 radical (unpaired) electrons. The van der Waals surface area contributed by atoms with Gasteiger partial charge in [-0.05, 0) is 47.7 Å². The number of aromatic hydroxyl groups is 1. The van der Waals surface area contributed by atoms with E-state index in [1.807, 2.05) is 32.0 Å². The number of hydrogen-bond acceptors (Lipinski definition) is 8. The average Bonchev–Trinajstić information content (AvgIpc) is 3.27. The van der Waals surface area contributed by atoms with Crippen molar-refractivity contribution >= 4 is 27.5 Å². The number of carbonyl (C=O) groups is 1. The Balaban J connectivity index is 1.75. The monoisotopic (exact) mass is 486 g/mol. The number of anilines is 1. The molecule has 3 rings (SSSR count).